The van der Waals surface area contributed by atoms with Gasteiger partial charge in [0.15, 0.2) is 0 Å². The first-order valence-corrected chi connectivity index (χ1v) is 21.5. The fourth-order valence-corrected chi connectivity index (χ4v) is 6.00. The van der Waals surface area contributed by atoms with Crippen molar-refractivity contribution < 1.29 is 32.9 Å². The highest BCUT2D eigenvalue weighted by Crippen LogP contribution is 2.38. The number of allylic oxidation sites excluding steroid dienone is 7. The summed E-state index contributed by atoms with van der Waals surface area (Å²) in [6.45, 7) is 4.55. The zero-order valence-corrected chi connectivity index (χ0v) is 33.7. The molecule has 292 valence electrons. The molecule has 3 unspecified atom stereocenters. The maximum atomic E-state index is 12.8. The second-order valence-corrected chi connectivity index (χ2v) is 16.0. The standard InChI is InChI=1S/C41H77N2O6P/c1-6-8-10-12-14-16-17-18-19-20-21-22-23-24-25-27-29-31-33-35-41(45)42-39(38-49-50(46,47)48-37-36-43(3,4)5)40(44)34-32-30-28-26-15-13-11-9-7-2/h14,16,18-19,21-22,32,34,39-40,44H,6-13,15,17,20,23-31,33,35-38H2,1-5H3,(H-,42,45,46,47)/b16-14-,19-18-,22-21-,34-32+. The van der Waals surface area contributed by atoms with Crippen LogP contribution in [-0.2, 0) is 18.4 Å². The Bertz CT molecular complexity index is 959. The van der Waals surface area contributed by atoms with E-state index < -0.39 is 20.0 Å². The molecule has 0 heterocycles. The van der Waals surface area contributed by atoms with Crippen LogP contribution in [0.5, 0.6) is 0 Å². The topological polar surface area (TPSA) is 108 Å². The normalized spacial score (nSPS) is 15.1. The average molecular weight is 725 g/mol. The molecule has 0 saturated heterocycles. The number of hydrogen-bond acceptors (Lipinski definition) is 6. The lowest BCUT2D eigenvalue weighted by molar-refractivity contribution is -0.870. The van der Waals surface area contributed by atoms with Crippen molar-refractivity contribution in [2.24, 2.45) is 0 Å². The molecule has 9 heteroatoms. The summed E-state index contributed by atoms with van der Waals surface area (Å²) in [5, 5.41) is 13.7. The summed E-state index contributed by atoms with van der Waals surface area (Å²) in [6, 6.07) is -0.891. The van der Waals surface area contributed by atoms with Gasteiger partial charge in [0.1, 0.15) is 13.2 Å². The van der Waals surface area contributed by atoms with Gasteiger partial charge in [-0.15, -0.1) is 0 Å². The minimum atomic E-state index is -4.58. The van der Waals surface area contributed by atoms with E-state index in [2.05, 4.69) is 55.6 Å². The number of aliphatic hydroxyl groups is 1. The lowest BCUT2D eigenvalue weighted by atomic mass is 10.1. The van der Waals surface area contributed by atoms with Crippen molar-refractivity contribution in [2.75, 3.05) is 40.9 Å². The summed E-state index contributed by atoms with van der Waals surface area (Å²) < 4.78 is 23.1. The van der Waals surface area contributed by atoms with Gasteiger partial charge in [-0.25, -0.2) is 0 Å². The van der Waals surface area contributed by atoms with E-state index in [0.717, 1.165) is 64.2 Å². The van der Waals surface area contributed by atoms with Gasteiger partial charge in [0, 0.05) is 6.42 Å². The van der Waals surface area contributed by atoms with Crippen LogP contribution >= 0.6 is 7.82 Å². The van der Waals surface area contributed by atoms with Gasteiger partial charge in [-0.2, -0.15) is 0 Å². The van der Waals surface area contributed by atoms with Crippen molar-refractivity contribution in [2.45, 2.75) is 167 Å². The van der Waals surface area contributed by atoms with Gasteiger partial charge < -0.3 is 28.8 Å². The van der Waals surface area contributed by atoms with Crippen molar-refractivity contribution in [1.82, 2.24) is 5.32 Å². The van der Waals surface area contributed by atoms with E-state index in [1.807, 2.05) is 27.2 Å². The van der Waals surface area contributed by atoms with E-state index >= 15 is 0 Å². The van der Waals surface area contributed by atoms with Gasteiger partial charge in [-0.05, 0) is 57.8 Å². The summed E-state index contributed by atoms with van der Waals surface area (Å²) >= 11 is 0. The zero-order chi connectivity index (χ0) is 37.2. The molecule has 0 aliphatic carbocycles. The first-order valence-electron chi connectivity index (χ1n) is 20.0. The van der Waals surface area contributed by atoms with Crippen molar-refractivity contribution in [3.05, 3.63) is 48.6 Å². The molecule has 50 heavy (non-hydrogen) atoms. The van der Waals surface area contributed by atoms with Crippen molar-refractivity contribution in [1.29, 1.82) is 0 Å². The third kappa shape index (κ3) is 34.9. The summed E-state index contributed by atoms with van der Waals surface area (Å²) in [4.78, 5) is 25.1. The number of amides is 1. The monoisotopic (exact) mass is 725 g/mol. The van der Waals surface area contributed by atoms with Crippen LogP contribution in [0.2, 0.25) is 0 Å². The Labute approximate surface area is 308 Å². The minimum Gasteiger partial charge on any atom is -0.756 e. The van der Waals surface area contributed by atoms with Gasteiger partial charge >= 0.3 is 0 Å². The molecule has 0 aliphatic heterocycles. The minimum absolute atomic E-state index is 0.00588. The third-order valence-corrected chi connectivity index (χ3v) is 9.50. The molecule has 0 radical (unpaired) electrons. The Morgan fingerprint density at radius 3 is 1.72 bits per heavy atom. The number of quaternary nitrogens is 1. The van der Waals surface area contributed by atoms with E-state index in [-0.39, 0.29) is 19.1 Å². The zero-order valence-electron chi connectivity index (χ0n) is 32.8. The summed E-state index contributed by atoms with van der Waals surface area (Å²) in [5.74, 6) is -0.216. The number of phosphoric acid groups is 1. The van der Waals surface area contributed by atoms with E-state index in [0.29, 0.717) is 17.4 Å². The number of aliphatic hydroxyl groups excluding tert-OH is 1. The first kappa shape index (κ1) is 48.5. The number of carbonyl (C=O) groups is 1. The van der Waals surface area contributed by atoms with E-state index in [1.54, 1.807) is 6.08 Å². The molecule has 0 bridgehead atoms. The van der Waals surface area contributed by atoms with Gasteiger partial charge in [-0.3, -0.25) is 9.36 Å². The molecule has 0 saturated carbocycles. The molecule has 2 N–H and O–H groups in total. The van der Waals surface area contributed by atoms with Crippen LogP contribution in [0.3, 0.4) is 0 Å². The average Bonchev–Trinajstić information content (AvgIpc) is 3.06. The SMILES string of the molecule is CCCCC/C=C\C/C=C\C/C=C\CCCCCCCCC(=O)NC(COP(=O)([O-])OCC[N+](C)(C)C)C(O)/C=C/CCCCCCCCC. The molecule has 0 fully saturated rings. The number of carbonyl (C=O) groups excluding carboxylic acids is 1. The maximum absolute atomic E-state index is 12.8. The summed E-state index contributed by atoms with van der Waals surface area (Å²) in [7, 11) is 1.24. The van der Waals surface area contributed by atoms with E-state index in [9.17, 15) is 19.4 Å². The molecule has 0 aromatic heterocycles. The number of nitrogens with one attached hydrogen (secondary N) is 1. The van der Waals surface area contributed by atoms with Crippen LogP contribution in [0.1, 0.15) is 155 Å². The fraction of sp³-hybridized carbons (Fsp3) is 0.780. The number of phosphoric ester groups is 1. The van der Waals surface area contributed by atoms with Crippen molar-refractivity contribution in [3.63, 3.8) is 0 Å². The Hall–Kier alpha value is -1.54. The van der Waals surface area contributed by atoms with Gasteiger partial charge in [0.2, 0.25) is 5.91 Å². The Balaban J connectivity index is 4.43. The lowest BCUT2D eigenvalue weighted by Crippen LogP contribution is -2.45. The van der Waals surface area contributed by atoms with Gasteiger partial charge in [0.25, 0.3) is 7.82 Å². The largest absolute Gasteiger partial charge is 0.756 e. The van der Waals surface area contributed by atoms with Crippen molar-refractivity contribution in [3.8, 4) is 0 Å². The molecular formula is C41H77N2O6P. The predicted octanol–water partition coefficient (Wildman–Crippen LogP) is 9.89. The highest BCUT2D eigenvalue weighted by Gasteiger charge is 2.23. The Morgan fingerprint density at radius 2 is 1.16 bits per heavy atom. The molecule has 0 aliphatic rings. The quantitative estimate of drug-likeness (QED) is 0.0292. The van der Waals surface area contributed by atoms with Crippen LogP contribution in [0.25, 0.3) is 0 Å². The summed E-state index contributed by atoms with van der Waals surface area (Å²) in [5.41, 5.74) is 0. The number of rotatable bonds is 35. The Kier molecular flexibility index (Phi) is 32.3. The lowest BCUT2D eigenvalue weighted by Gasteiger charge is -2.29. The van der Waals surface area contributed by atoms with Crippen LogP contribution < -0.4 is 10.2 Å². The fourth-order valence-electron chi connectivity index (χ4n) is 5.27. The van der Waals surface area contributed by atoms with Gasteiger partial charge in [0.05, 0.1) is 39.9 Å². The number of nitrogens with zero attached hydrogens (tertiary/aromatic N) is 1. The van der Waals surface area contributed by atoms with Gasteiger partial charge in [-0.1, -0.05) is 140 Å². The molecule has 3 atom stereocenters. The van der Waals surface area contributed by atoms with E-state index in [1.165, 1.54) is 70.6 Å². The highest BCUT2D eigenvalue weighted by atomic mass is 31.2. The molecule has 0 rings (SSSR count). The molecule has 0 aromatic rings. The summed E-state index contributed by atoms with van der Waals surface area (Å²) in [6.07, 6.45) is 40.1. The third-order valence-electron chi connectivity index (χ3n) is 8.53. The molecule has 1 amide bonds. The van der Waals surface area contributed by atoms with Crippen LogP contribution in [0.4, 0.5) is 0 Å². The van der Waals surface area contributed by atoms with Crippen molar-refractivity contribution >= 4 is 13.7 Å². The molecule has 8 nitrogen and oxygen atoms in total. The maximum Gasteiger partial charge on any atom is 0.268 e. The number of unbranched alkanes of at least 4 members (excludes halogenated alkanes) is 16. The number of hydrogen-bond donors (Lipinski definition) is 2. The second-order valence-electron chi connectivity index (χ2n) is 14.6. The van der Waals surface area contributed by atoms with E-state index in [4.69, 9.17) is 9.05 Å². The predicted molar refractivity (Wildman–Crippen MR) is 210 cm³/mol. The molecular weight excluding hydrogens is 647 g/mol. The smallest absolute Gasteiger partial charge is 0.268 e. The number of likely N-dealkylation sites (N-methyl/N-ethyl adjacent to an activating group) is 1. The van der Waals surface area contributed by atoms with Crippen LogP contribution in [-0.4, -0.2) is 68.5 Å². The van der Waals surface area contributed by atoms with Crippen LogP contribution in [0.15, 0.2) is 48.6 Å². The highest BCUT2D eigenvalue weighted by molar-refractivity contribution is 7.45. The second kappa shape index (κ2) is 33.3. The Morgan fingerprint density at radius 1 is 0.700 bits per heavy atom. The van der Waals surface area contributed by atoms with Crippen LogP contribution in [0, 0.1) is 0 Å². The molecule has 0 aromatic carbocycles. The first-order chi connectivity index (χ1) is 24.0. The molecule has 0 spiro atoms.